The van der Waals surface area contributed by atoms with Gasteiger partial charge < -0.3 is 4.57 Å². The van der Waals surface area contributed by atoms with Gasteiger partial charge >= 0.3 is 0 Å². The minimum atomic E-state index is -0.382. The molecule has 0 N–H and O–H groups in total. The summed E-state index contributed by atoms with van der Waals surface area (Å²) in [6, 6.07) is 5.50. The smallest absolute Gasteiger partial charge is 0.152 e. The molecule has 1 aliphatic carbocycles. The van der Waals surface area contributed by atoms with Crippen molar-refractivity contribution < 1.29 is 4.39 Å². The first-order valence-corrected chi connectivity index (χ1v) is 7.37. The molecule has 1 aliphatic rings. The van der Waals surface area contributed by atoms with E-state index >= 15 is 0 Å². The Kier molecular flexibility index (Phi) is 2.91. The maximum atomic E-state index is 14.1. The molecule has 0 unspecified atom stereocenters. The quantitative estimate of drug-likeness (QED) is 0.673. The van der Waals surface area contributed by atoms with Crippen molar-refractivity contribution in [2.75, 3.05) is 0 Å². The highest BCUT2D eigenvalue weighted by molar-refractivity contribution is 6.42. The summed E-state index contributed by atoms with van der Waals surface area (Å²) in [6.45, 7) is 0. The summed E-state index contributed by atoms with van der Waals surface area (Å²) in [5, 5.41) is 0.930. The Bertz CT molecular complexity index is 855. The predicted octanol–water partition coefficient (Wildman–Crippen LogP) is 4.88. The average Bonchev–Trinajstić information content (AvgIpc) is 3.23. The van der Waals surface area contributed by atoms with E-state index in [2.05, 4.69) is 14.5 Å². The third-order valence-electron chi connectivity index (χ3n) is 3.66. The van der Waals surface area contributed by atoms with Gasteiger partial charge in [0.05, 0.1) is 32.8 Å². The van der Waals surface area contributed by atoms with Gasteiger partial charge in [-0.1, -0.05) is 23.2 Å². The predicted molar refractivity (Wildman–Crippen MR) is 81.2 cm³/mol. The zero-order chi connectivity index (χ0) is 14.6. The Morgan fingerprint density at radius 3 is 2.67 bits per heavy atom. The fourth-order valence-corrected chi connectivity index (χ4v) is 2.86. The number of pyridine rings is 1. The summed E-state index contributed by atoms with van der Waals surface area (Å²) < 4.78 is 16.1. The lowest BCUT2D eigenvalue weighted by atomic mass is 10.2. The monoisotopic (exact) mass is 321 g/mol. The maximum Gasteiger partial charge on any atom is 0.152 e. The molecule has 0 radical (unpaired) electrons. The average molecular weight is 322 g/mol. The number of halogens is 3. The largest absolute Gasteiger partial charge is 0.321 e. The van der Waals surface area contributed by atoms with Gasteiger partial charge in [0.2, 0.25) is 0 Å². The van der Waals surface area contributed by atoms with Crippen LogP contribution in [0.15, 0.2) is 30.6 Å². The fourth-order valence-electron chi connectivity index (χ4n) is 2.54. The molecular weight excluding hydrogens is 312 g/mol. The summed E-state index contributed by atoms with van der Waals surface area (Å²) in [4.78, 5) is 8.35. The van der Waals surface area contributed by atoms with E-state index in [1.54, 1.807) is 24.4 Å². The number of fused-ring (bicyclic) bond motifs is 1. The number of hydrogen-bond acceptors (Lipinski definition) is 2. The third kappa shape index (κ3) is 2.10. The van der Waals surface area contributed by atoms with Gasteiger partial charge in [0.25, 0.3) is 0 Å². The van der Waals surface area contributed by atoms with E-state index in [0.29, 0.717) is 27.5 Å². The van der Waals surface area contributed by atoms with Crippen molar-refractivity contribution in [2.24, 2.45) is 0 Å². The van der Waals surface area contributed by atoms with Crippen molar-refractivity contribution >= 4 is 34.2 Å². The lowest BCUT2D eigenvalue weighted by Crippen LogP contribution is -1.99. The van der Waals surface area contributed by atoms with Crippen LogP contribution in [0.25, 0.3) is 22.4 Å². The van der Waals surface area contributed by atoms with Crippen LogP contribution >= 0.6 is 23.2 Å². The summed E-state index contributed by atoms with van der Waals surface area (Å²) in [7, 11) is 0. The first kappa shape index (κ1) is 13.0. The van der Waals surface area contributed by atoms with Gasteiger partial charge in [0.15, 0.2) is 5.82 Å². The summed E-state index contributed by atoms with van der Waals surface area (Å²) in [5.74, 6) is 0.220. The Balaban J connectivity index is 2.05. The van der Waals surface area contributed by atoms with Crippen molar-refractivity contribution in [3.8, 4) is 11.4 Å². The fraction of sp³-hybridized carbons (Fsp3) is 0.200. The highest BCUT2D eigenvalue weighted by Crippen LogP contribution is 2.42. The number of hydrogen-bond donors (Lipinski definition) is 0. The topological polar surface area (TPSA) is 30.7 Å². The van der Waals surface area contributed by atoms with Crippen LogP contribution in [0, 0.1) is 5.82 Å². The standard InChI is InChI=1S/C15H10Cl2FN3/c16-10-5-13-14(6-11(10)17)21(8-1-2-8)15(20-13)9-3-4-19-7-12(9)18/h3-8H,1-2H2. The lowest BCUT2D eigenvalue weighted by Gasteiger charge is -2.08. The van der Waals surface area contributed by atoms with Gasteiger partial charge in [-0.25, -0.2) is 9.37 Å². The maximum absolute atomic E-state index is 14.1. The van der Waals surface area contributed by atoms with Crippen LogP contribution in [0.5, 0.6) is 0 Å². The molecule has 4 rings (SSSR count). The van der Waals surface area contributed by atoms with Crippen molar-refractivity contribution in [2.45, 2.75) is 18.9 Å². The molecule has 0 atom stereocenters. The van der Waals surface area contributed by atoms with E-state index in [-0.39, 0.29) is 5.82 Å². The van der Waals surface area contributed by atoms with Crippen LogP contribution in [0.3, 0.4) is 0 Å². The molecule has 1 aromatic carbocycles. The van der Waals surface area contributed by atoms with Crippen LogP contribution in [0.4, 0.5) is 4.39 Å². The van der Waals surface area contributed by atoms with Crippen LogP contribution in [-0.2, 0) is 0 Å². The number of nitrogens with zero attached hydrogens (tertiary/aromatic N) is 3. The van der Waals surface area contributed by atoms with Crippen molar-refractivity contribution in [3.05, 3.63) is 46.5 Å². The molecule has 106 valence electrons. The summed E-state index contributed by atoms with van der Waals surface area (Å²) >= 11 is 12.2. The molecule has 1 saturated carbocycles. The van der Waals surface area contributed by atoms with E-state index in [0.717, 1.165) is 23.9 Å². The SMILES string of the molecule is Fc1cnccc1-c1nc2cc(Cl)c(Cl)cc2n1C1CC1. The van der Waals surface area contributed by atoms with Gasteiger partial charge in [0, 0.05) is 12.2 Å². The van der Waals surface area contributed by atoms with Crippen LogP contribution in [-0.4, -0.2) is 14.5 Å². The highest BCUT2D eigenvalue weighted by Gasteiger charge is 2.29. The van der Waals surface area contributed by atoms with E-state index in [1.807, 2.05) is 0 Å². The van der Waals surface area contributed by atoms with E-state index in [4.69, 9.17) is 23.2 Å². The molecule has 0 amide bonds. The van der Waals surface area contributed by atoms with Crippen molar-refractivity contribution in [1.29, 1.82) is 0 Å². The second kappa shape index (κ2) is 4.68. The molecule has 0 saturated heterocycles. The number of imidazole rings is 1. The molecule has 1 fully saturated rings. The molecule has 2 aromatic heterocycles. The molecule has 0 aliphatic heterocycles. The number of benzene rings is 1. The van der Waals surface area contributed by atoms with Crippen LogP contribution in [0.1, 0.15) is 18.9 Å². The molecule has 0 bridgehead atoms. The molecule has 0 spiro atoms. The first-order chi connectivity index (χ1) is 10.1. The van der Waals surface area contributed by atoms with Gasteiger partial charge in [-0.15, -0.1) is 0 Å². The van der Waals surface area contributed by atoms with Gasteiger partial charge in [-0.2, -0.15) is 0 Å². The number of rotatable bonds is 2. The number of aromatic nitrogens is 3. The van der Waals surface area contributed by atoms with E-state index in [9.17, 15) is 4.39 Å². The first-order valence-electron chi connectivity index (χ1n) is 6.62. The van der Waals surface area contributed by atoms with Crippen LogP contribution < -0.4 is 0 Å². The Morgan fingerprint density at radius 1 is 1.19 bits per heavy atom. The molecule has 21 heavy (non-hydrogen) atoms. The normalized spacial score (nSPS) is 14.8. The van der Waals surface area contributed by atoms with Gasteiger partial charge in [-0.3, -0.25) is 4.98 Å². The Hall–Kier alpha value is -1.65. The molecule has 6 heteroatoms. The van der Waals surface area contributed by atoms with Crippen molar-refractivity contribution in [3.63, 3.8) is 0 Å². The third-order valence-corrected chi connectivity index (χ3v) is 4.38. The molecule has 3 nitrogen and oxygen atoms in total. The zero-order valence-corrected chi connectivity index (χ0v) is 12.4. The molecule has 2 heterocycles. The highest BCUT2D eigenvalue weighted by atomic mass is 35.5. The Labute approximate surface area is 130 Å². The second-order valence-corrected chi connectivity index (χ2v) is 5.96. The zero-order valence-electron chi connectivity index (χ0n) is 10.9. The minimum Gasteiger partial charge on any atom is -0.321 e. The van der Waals surface area contributed by atoms with E-state index < -0.39 is 0 Å². The second-order valence-electron chi connectivity index (χ2n) is 5.15. The molecular formula is C15H10Cl2FN3. The Morgan fingerprint density at radius 2 is 1.95 bits per heavy atom. The van der Waals surface area contributed by atoms with Crippen LogP contribution in [0.2, 0.25) is 10.0 Å². The minimum absolute atomic E-state index is 0.342. The molecule has 3 aromatic rings. The van der Waals surface area contributed by atoms with Gasteiger partial charge in [0.1, 0.15) is 5.82 Å². The summed E-state index contributed by atoms with van der Waals surface area (Å²) in [6.07, 6.45) is 4.89. The van der Waals surface area contributed by atoms with E-state index in [1.165, 1.54) is 6.20 Å². The van der Waals surface area contributed by atoms with Crippen molar-refractivity contribution in [1.82, 2.24) is 14.5 Å². The van der Waals surface area contributed by atoms with Gasteiger partial charge in [-0.05, 0) is 31.0 Å². The summed E-state index contributed by atoms with van der Waals surface area (Å²) in [5.41, 5.74) is 2.06. The lowest BCUT2D eigenvalue weighted by molar-refractivity contribution is 0.621.